The maximum atomic E-state index is 12.7. The number of nitriles is 1. The summed E-state index contributed by atoms with van der Waals surface area (Å²) in [5.41, 5.74) is 9.75. The summed E-state index contributed by atoms with van der Waals surface area (Å²) in [6, 6.07) is 12.6. The van der Waals surface area contributed by atoms with Gasteiger partial charge in [0.15, 0.2) is 5.78 Å². The third kappa shape index (κ3) is 2.15. The lowest BCUT2D eigenvalue weighted by molar-refractivity contribution is 0.104. The van der Waals surface area contributed by atoms with Crippen LogP contribution in [0.15, 0.2) is 42.6 Å². The molecule has 0 amide bonds. The predicted octanol–water partition coefficient (Wildman–Crippen LogP) is 3.16. The lowest BCUT2D eigenvalue weighted by atomic mass is 9.98. The molecule has 1 heterocycles. The summed E-state index contributed by atoms with van der Waals surface area (Å²) in [7, 11) is 0. The van der Waals surface area contributed by atoms with Crippen LogP contribution < -0.4 is 5.73 Å². The molecule has 3 rings (SSSR count). The number of aromatic nitrogens is 1. The van der Waals surface area contributed by atoms with Gasteiger partial charge in [0.2, 0.25) is 0 Å². The molecule has 0 spiro atoms. The van der Waals surface area contributed by atoms with Gasteiger partial charge in [-0.1, -0.05) is 0 Å². The Bertz CT molecular complexity index is 900. The molecule has 0 saturated carbocycles. The van der Waals surface area contributed by atoms with E-state index >= 15 is 0 Å². The van der Waals surface area contributed by atoms with Gasteiger partial charge >= 0.3 is 0 Å². The Morgan fingerprint density at radius 3 is 2.71 bits per heavy atom. The molecule has 3 aromatic rings. The summed E-state index contributed by atoms with van der Waals surface area (Å²) in [6.45, 7) is 1.86. The molecule has 0 aliphatic carbocycles. The standard InChI is InChI=1S/C17H13N3O/c1-10-6-12(19)3-4-13(10)17(21)15-9-20-16-5-2-11(8-18)7-14(15)16/h2-7,9,20H,19H2,1H3. The summed E-state index contributed by atoms with van der Waals surface area (Å²) < 4.78 is 0. The SMILES string of the molecule is Cc1cc(N)ccc1C(=O)c1c[nH]c2ccc(C#N)cc12. The number of benzene rings is 2. The molecule has 2 aromatic carbocycles. The van der Waals surface area contributed by atoms with Crippen LogP contribution in [0.25, 0.3) is 10.9 Å². The highest BCUT2D eigenvalue weighted by molar-refractivity contribution is 6.17. The van der Waals surface area contributed by atoms with Crippen molar-refractivity contribution in [3.63, 3.8) is 0 Å². The molecule has 0 unspecified atom stereocenters. The first-order valence-corrected chi connectivity index (χ1v) is 6.52. The average molecular weight is 275 g/mol. The second kappa shape index (κ2) is 4.80. The first-order valence-electron chi connectivity index (χ1n) is 6.52. The summed E-state index contributed by atoms with van der Waals surface area (Å²) in [5, 5.41) is 9.76. The Morgan fingerprint density at radius 1 is 1.19 bits per heavy atom. The number of hydrogen-bond donors (Lipinski definition) is 2. The van der Waals surface area contributed by atoms with Crippen LogP contribution in [0.3, 0.4) is 0 Å². The molecule has 4 heteroatoms. The second-order valence-electron chi connectivity index (χ2n) is 4.98. The molecule has 3 N–H and O–H groups in total. The molecular weight excluding hydrogens is 262 g/mol. The van der Waals surface area contributed by atoms with Crippen LogP contribution in [0.2, 0.25) is 0 Å². The number of nitrogens with one attached hydrogen (secondary N) is 1. The third-order valence-corrected chi connectivity index (χ3v) is 3.55. The molecule has 0 bridgehead atoms. The molecule has 0 saturated heterocycles. The van der Waals surface area contributed by atoms with Gasteiger partial charge in [0.1, 0.15) is 0 Å². The van der Waals surface area contributed by atoms with Gasteiger partial charge in [0.25, 0.3) is 0 Å². The molecular formula is C17H13N3O. The molecule has 4 nitrogen and oxygen atoms in total. The summed E-state index contributed by atoms with van der Waals surface area (Å²) in [5.74, 6) is -0.0751. The number of hydrogen-bond acceptors (Lipinski definition) is 3. The molecule has 0 aliphatic rings. The van der Waals surface area contributed by atoms with E-state index in [-0.39, 0.29) is 5.78 Å². The van der Waals surface area contributed by atoms with E-state index in [9.17, 15) is 4.79 Å². The average Bonchev–Trinajstić information content (AvgIpc) is 2.89. The first-order chi connectivity index (χ1) is 10.1. The van der Waals surface area contributed by atoms with Crippen molar-refractivity contribution in [2.45, 2.75) is 6.92 Å². The van der Waals surface area contributed by atoms with Gasteiger partial charge in [-0.15, -0.1) is 0 Å². The fourth-order valence-corrected chi connectivity index (χ4v) is 2.46. The fourth-order valence-electron chi connectivity index (χ4n) is 2.46. The van der Waals surface area contributed by atoms with Gasteiger partial charge in [0.05, 0.1) is 11.6 Å². The highest BCUT2D eigenvalue weighted by atomic mass is 16.1. The molecule has 1 aromatic heterocycles. The molecule has 0 aliphatic heterocycles. The normalized spacial score (nSPS) is 10.5. The van der Waals surface area contributed by atoms with E-state index in [1.54, 1.807) is 42.6 Å². The number of nitrogens with two attached hydrogens (primary N) is 1. The van der Waals surface area contributed by atoms with Gasteiger partial charge < -0.3 is 10.7 Å². The van der Waals surface area contributed by atoms with E-state index < -0.39 is 0 Å². The number of ketones is 1. The minimum Gasteiger partial charge on any atom is -0.399 e. The number of aryl methyl sites for hydroxylation is 1. The summed E-state index contributed by atoms with van der Waals surface area (Å²) in [4.78, 5) is 15.8. The molecule has 0 atom stereocenters. The highest BCUT2D eigenvalue weighted by Gasteiger charge is 2.16. The van der Waals surface area contributed by atoms with E-state index in [0.29, 0.717) is 22.4 Å². The number of rotatable bonds is 2. The van der Waals surface area contributed by atoms with E-state index in [1.807, 2.05) is 6.92 Å². The smallest absolute Gasteiger partial charge is 0.195 e. The Kier molecular flexibility index (Phi) is 2.96. The number of aromatic amines is 1. The third-order valence-electron chi connectivity index (χ3n) is 3.55. The number of fused-ring (bicyclic) bond motifs is 1. The Hall–Kier alpha value is -3.06. The number of carbonyl (C=O) groups excluding carboxylic acids is 1. The van der Waals surface area contributed by atoms with Crippen LogP contribution in [0.4, 0.5) is 5.69 Å². The Morgan fingerprint density at radius 2 is 2.00 bits per heavy atom. The molecule has 21 heavy (non-hydrogen) atoms. The first kappa shape index (κ1) is 12.9. The monoisotopic (exact) mass is 275 g/mol. The Balaban J connectivity index is 2.16. The van der Waals surface area contributed by atoms with Crippen LogP contribution in [-0.4, -0.2) is 10.8 Å². The van der Waals surface area contributed by atoms with E-state index in [1.165, 1.54) is 0 Å². The van der Waals surface area contributed by atoms with Crippen LogP contribution in [0, 0.1) is 18.3 Å². The van der Waals surface area contributed by atoms with Crippen LogP contribution >= 0.6 is 0 Å². The lowest BCUT2D eigenvalue weighted by Crippen LogP contribution is -2.03. The largest absolute Gasteiger partial charge is 0.399 e. The van der Waals surface area contributed by atoms with Crippen molar-refractivity contribution >= 4 is 22.4 Å². The van der Waals surface area contributed by atoms with Gasteiger partial charge in [-0.3, -0.25) is 4.79 Å². The van der Waals surface area contributed by atoms with Gasteiger partial charge in [-0.2, -0.15) is 5.26 Å². The highest BCUT2D eigenvalue weighted by Crippen LogP contribution is 2.24. The number of nitrogens with zero attached hydrogens (tertiary/aromatic N) is 1. The van der Waals surface area contributed by atoms with Gasteiger partial charge in [-0.25, -0.2) is 0 Å². The Labute approximate surface area is 121 Å². The lowest BCUT2D eigenvalue weighted by Gasteiger charge is -2.05. The van der Waals surface area contributed by atoms with Gasteiger partial charge in [-0.05, 0) is 48.9 Å². The van der Waals surface area contributed by atoms with E-state index in [0.717, 1.165) is 16.5 Å². The van der Waals surface area contributed by atoms with Crippen molar-refractivity contribution < 1.29 is 4.79 Å². The maximum Gasteiger partial charge on any atom is 0.195 e. The fraction of sp³-hybridized carbons (Fsp3) is 0.0588. The topological polar surface area (TPSA) is 82.7 Å². The minimum atomic E-state index is -0.0751. The van der Waals surface area contributed by atoms with Crippen molar-refractivity contribution in [3.8, 4) is 6.07 Å². The van der Waals surface area contributed by atoms with Crippen LogP contribution in [0.1, 0.15) is 27.0 Å². The van der Waals surface area contributed by atoms with Crippen molar-refractivity contribution in [2.24, 2.45) is 0 Å². The zero-order valence-electron chi connectivity index (χ0n) is 11.5. The van der Waals surface area contributed by atoms with Crippen molar-refractivity contribution in [3.05, 3.63) is 64.8 Å². The predicted molar refractivity (Wildman–Crippen MR) is 82.0 cm³/mol. The summed E-state index contributed by atoms with van der Waals surface area (Å²) >= 11 is 0. The zero-order valence-corrected chi connectivity index (χ0v) is 11.5. The minimum absolute atomic E-state index is 0.0751. The zero-order chi connectivity index (χ0) is 15.0. The molecule has 0 radical (unpaired) electrons. The van der Waals surface area contributed by atoms with Crippen molar-refractivity contribution in [2.75, 3.05) is 5.73 Å². The molecule has 0 fully saturated rings. The number of nitrogen functional groups attached to an aromatic ring is 1. The van der Waals surface area contributed by atoms with E-state index in [4.69, 9.17) is 11.0 Å². The van der Waals surface area contributed by atoms with Gasteiger partial charge in [0, 0.05) is 33.9 Å². The van der Waals surface area contributed by atoms with Crippen molar-refractivity contribution in [1.82, 2.24) is 4.98 Å². The quantitative estimate of drug-likeness (QED) is 0.556. The van der Waals surface area contributed by atoms with E-state index in [2.05, 4.69) is 11.1 Å². The maximum absolute atomic E-state index is 12.7. The van der Waals surface area contributed by atoms with Crippen LogP contribution in [-0.2, 0) is 0 Å². The van der Waals surface area contributed by atoms with Crippen LogP contribution in [0.5, 0.6) is 0 Å². The second-order valence-corrected chi connectivity index (χ2v) is 4.98. The number of anilines is 1. The summed E-state index contributed by atoms with van der Waals surface area (Å²) in [6.07, 6.45) is 1.68. The number of H-pyrrole nitrogens is 1. The molecule has 102 valence electrons. The number of carbonyl (C=O) groups is 1. The van der Waals surface area contributed by atoms with Crippen molar-refractivity contribution in [1.29, 1.82) is 5.26 Å².